The fourth-order valence-electron chi connectivity index (χ4n) is 3.80. The van der Waals surface area contributed by atoms with Crippen LogP contribution in [0.25, 0.3) is 0 Å². The highest BCUT2D eigenvalue weighted by Crippen LogP contribution is 2.29. The highest BCUT2D eigenvalue weighted by Gasteiger charge is 2.33. The molecule has 0 spiro atoms. The van der Waals surface area contributed by atoms with E-state index in [1.165, 1.54) is 7.11 Å². The number of halogens is 1. The average Bonchev–Trinajstić information content (AvgIpc) is 2.83. The van der Waals surface area contributed by atoms with Gasteiger partial charge in [-0.2, -0.15) is 0 Å². The molecule has 0 aliphatic carbocycles. The molecule has 1 aliphatic rings. The van der Waals surface area contributed by atoms with E-state index in [1.807, 2.05) is 41.3 Å². The van der Waals surface area contributed by atoms with E-state index in [9.17, 15) is 14.4 Å². The van der Waals surface area contributed by atoms with E-state index in [0.29, 0.717) is 61.7 Å². The monoisotopic (exact) mass is 457 g/mol. The molecule has 7 nitrogen and oxygen atoms in total. The summed E-state index contributed by atoms with van der Waals surface area (Å²) in [5.74, 6) is -0.460. The zero-order valence-corrected chi connectivity index (χ0v) is 18.9. The molecular weight excluding hydrogens is 430 g/mol. The SMILES string of the molecule is COC(=O)C(c1ccccc1Cl)N1CCN(C(=O)CCCNC(=O)c2ccccc2)CC1. The molecule has 2 aromatic carbocycles. The molecule has 1 aliphatic heterocycles. The second-order valence-electron chi connectivity index (χ2n) is 7.59. The van der Waals surface area contributed by atoms with E-state index in [4.69, 9.17) is 16.3 Å². The lowest BCUT2D eigenvalue weighted by molar-refractivity contribution is -0.148. The van der Waals surface area contributed by atoms with Gasteiger partial charge in [0.1, 0.15) is 6.04 Å². The van der Waals surface area contributed by atoms with Crippen LogP contribution in [0.3, 0.4) is 0 Å². The summed E-state index contributed by atoms with van der Waals surface area (Å²) in [5.41, 5.74) is 1.31. The van der Waals surface area contributed by atoms with Crippen molar-refractivity contribution in [2.75, 3.05) is 39.8 Å². The van der Waals surface area contributed by atoms with Crippen molar-refractivity contribution in [2.24, 2.45) is 0 Å². The molecule has 8 heteroatoms. The number of nitrogens with one attached hydrogen (secondary N) is 1. The Morgan fingerprint density at radius 3 is 2.31 bits per heavy atom. The first-order chi connectivity index (χ1) is 15.5. The number of methoxy groups -OCH3 is 1. The van der Waals surface area contributed by atoms with Crippen LogP contribution in [0.4, 0.5) is 0 Å². The molecule has 0 aromatic heterocycles. The number of hydrogen-bond acceptors (Lipinski definition) is 5. The number of carbonyl (C=O) groups is 3. The van der Waals surface area contributed by atoms with Gasteiger partial charge in [-0.05, 0) is 30.2 Å². The Morgan fingerprint density at radius 1 is 1.00 bits per heavy atom. The first-order valence-electron chi connectivity index (χ1n) is 10.7. The summed E-state index contributed by atoms with van der Waals surface area (Å²) < 4.78 is 5.01. The lowest BCUT2D eigenvalue weighted by atomic mass is 10.0. The Morgan fingerprint density at radius 2 is 1.66 bits per heavy atom. The average molecular weight is 458 g/mol. The Kier molecular flexibility index (Phi) is 8.64. The van der Waals surface area contributed by atoms with Crippen LogP contribution in [-0.4, -0.2) is 67.4 Å². The van der Waals surface area contributed by atoms with Crippen molar-refractivity contribution in [2.45, 2.75) is 18.9 Å². The Labute approximate surface area is 193 Å². The van der Waals surface area contributed by atoms with Gasteiger partial charge in [0.05, 0.1) is 7.11 Å². The minimum absolute atomic E-state index is 0.0472. The molecule has 2 amide bonds. The van der Waals surface area contributed by atoms with E-state index in [2.05, 4.69) is 5.32 Å². The number of esters is 1. The largest absolute Gasteiger partial charge is 0.468 e. The van der Waals surface area contributed by atoms with Crippen LogP contribution in [-0.2, 0) is 14.3 Å². The number of carbonyl (C=O) groups excluding carboxylic acids is 3. The van der Waals surface area contributed by atoms with Gasteiger partial charge in [-0.1, -0.05) is 48.0 Å². The molecule has 1 unspecified atom stereocenters. The van der Waals surface area contributed by atoms with Crippen LogP contribution in [0, 0.1) is 0 Å². The number of hydrogen-bond donors (Lipinski definition) is 1. The molecule has 0 radical (unpaired) electrons. The van der Waals surface area contributed by atoms with E-state index in [-0.39, 0.29) is 17.8 Å². The maximum atomic E-state index is 12.6. The molecule has 0 bridgehead atoms. The molecule has 32 heavy (non-hydrogen) atoms. The molecule has 1 heterocycles. The highest BCUT2D eigenvalue weighted by molar-refractivity contribution is 6.31. The van der Waals surface area contributed by atoms with Gasteiger partial charge in [0.15, 0.2) is 0 Å². The van der Waals surface area contributed by atoms with E-state index in [1.54, 1.807) is 23.1 Å². The molecular formula is C24H28ClN3O4. The lowest BCUT2D eigenvalue weighted by Gasteiger charge is -2.38. The van der Waals surface area contributed by atoms with Crippen molar-refractivity contribution in [3.8, 4) is 0 Å². The van der Waals surface area contributed by atoms with Crippen molar-refractivity contribution in [1.29, 1.82) is 0 Å². The standard InChI is InChI=1S/C24H28ClN3O4/c1-32-24(31)22(19-10-5-6-11-20(19)25)28-16-14-27(15-17-28)21(29)12-7-13-26-23(30)18-8-3-2-4-9-18/h2-6,8-11,22H,7,12-17H2,1H3,(H,26,30). The van der Waals surface area contributed by atoms with Crippen LogP contribution in [0.15, 0.2) is 54.6 Å². The van der Waals surface area contributed by atoms with Crippen molar-refractivity contribution in [3.63, 3.8) is 0 Å². The van der Waals surface area contributed by atoms with E-state index < -0.39 is 6.04 Å². The normalized spacial score (nSPS) is 15.1. The van der Waals surface area contributed by atoms with Gasteiger partial charge >= 0.3 is 5.97 Å². The van der Waals surface area contributed by atoms with Gasteiger partial charge < -0.3 is 15.0 Å². The number of rotatable bonds is 8. The molecule has 170 valence electrons. The van der Waals surface area contributed by atoms with Gasteiger partial charge in [-0.3, -0.25) is 14.5 Å². The fraction of sp³-hybridized carbons (Fsp3) is 0.375. The first-order valence-corrected chi connectivity index (χ1v) is 11.1. The predicted molar refractivity (Wildman–Crippen MR) is 122 cm³/mol. The van der Waals surface area contributed by atoms with Gasteiger partial charge in [0.25, 0.3) is 5.91 Å². The second kappa shape index (κ2) is 11.6. The minimum Gasteiger partial charge on any atom is -0.468 e. The molecule has 0 saturated carbocycles. The maximum Gasteiger partial charge on any atom is 0.327 e. The van der Waals surface area contributed by atoms with Crippen LogP contribution < -0.4 is 5.32 Å². The molecule has 3 rings (SSSR count). The summed E-state index contributed by atoms with van der Waals surface area (Å²) >= 11 is 6.32. The zero-order chi connectivity index (χ0) is 22.9. The number of nitrogens with zero attached hydrogens (tertiary/aromatic N) is 2. The third-order valence-corrected chi connectivity index (χ3v) is 5.89. The quantitative estimate of drug-likeness (QED) is 0.487. The first kappa shape index (κ1) is 23.8. The molecule has 1 saturated heterocycles. The van der Waals surface area contributed by atoms with Gasteiger partial charge in [-0.25, -0.2) is 4.79 Å². The van der Waals surface area contributed by atoms with E-state index >= 15 is 0 Å². The molecule has 1 atom stereocenters. The summed E-state index contributed by atoms with van der Waals surface area (Å²) in [4.78, 5) is 40.9. The summed E-state index contributed by atoms with van der Waals surface area (Å²) in [6, 6.07) is 15.6. The summed E-state index contributed by atoms with van der Waals surface area (Å²) in [6.07, 6.45) is 0.933. The topological polar surface area (TPSA) is 79.0 Å². The summed E-state index contributed by atoms with van der Waals surface area (Å²) in [7, 11) is 1.36. The fourth-order valence-corrected chi connectivity index (χ4v) is 4.04. The number of ether oxygens (including phenoxy) is 1. The van der Waals surface area contributed by atoms with Crippen molar-refractivity contribution < 1.29 is 19.1 Å². The number of amides is 2. The maximum absolute atomic E-state index is 12.6. The van der Waals surface area contributed by atoms with Crippen molar-refractivity contribution in [3.05, 3.63) is 70.7 Å². The third-order valence-electron chi connectivity index (χ3n) is 5.55. The summed E-state index contributed by atoms with van der Waals surface area (Å²) in [5, 5.41) is 3.35. The van der Waals surface area contributed by atoms with Gasteiger partial charge in [0.2, 0.25) is 5.91 Å². The Hall–Kier alpha value is -2.90. The van der Waals surface area contributed by atoms with E-state index in [0.717, 1.165) is 0 Å². The predicted octanol–water partition coefficient (Wildman–Crippen LogP) is 2.91. The Bertz CT molecular complexity index is 930. The third kappa shape index (κ3) is 6.08. The highest BCUT2D eigenvalue weighted by atomic mass is 35.5. The molecule has 1 N–H and O–H groups in total. The lowest BCUT2D eigenvalue weighted by Crippen LogP contribution is -2.51. The van der Waals surface area contributed by atoms with Gasteiger partial charge in [-0.15, -0.1) is 0 Å². The molecule has 1 fully saturated rings. The van der Waals surface area contributed by atoms with Crippen LogP contribution in [0.5, 0.6) is 0 Å². The minimum atomic E-state index is -0.598. The number of benzene rings is 2. The van der Waals surface area contributed by atoms with Crippen molar-refractivity contribution >= 4 is 29.4 Å². The van der Waals surface area contributed by atoms with Gasteiger partial charge in [0, 0.05) is 49.7 Å². The number of piperazine rings is 1. The Balaban J connectivity index is 1.47. The summed E-state index contributed by atoms with van der Waals surface area (Å²) in [6.45, 7) is 2.57. The smallest absolute Gasteiger partial charge is 0.327 e. The molecule has 2 aromatic rings. The van der Waals surface area contributed by atoms with Crippen LogP contribution in [0.2, 0.25) is 5.02 Å². The second-order valence-corrected chi connectivity index (χ2v) is 8.00. The van der Waals surface area contributed by atoms with Crippen LogP contribution in [0.1, 0.15) is 34.8 Å². The van der Waals surface area contributed by atoms with Crippen molar-refractivity contribution in [1.82, 2.24) is 15.1 Å². The van der Waals surface area contributed by atoms with Crippen LogP contribution >= 0.6 is 11.6 Å². The zero-order valence-electron chi connectivity index (χ0n) is 18.1.